The average Bonchev–Trinajstić information content (AvgIpc) is 3.35. The number of piperidine rings is 1. The van der Waals surface area contributed by atoms with Crippen LogP contribution in [0.5, 0.6) is 0 Å². The Bertz CT molecular complexity index is 616. The monoisotopic (exact) mass is 344 g/mol. The molecule has 0 bridgehead atoms. The van der Waals surface area contributed by atoms with Crippen LogP contribution < -0.4 is 10.6 Å². The average molecular weight is 344 g/mol. The number of likely N-dealkylation sites (tertiary alicyclic amines) is 1. The quantitative estimate of drug-likeness (QED) is 0.593. The molecule has 3 rings (SSSR count). The van der Waals surface area contributed by atoms with Crippen LogP contribution in [0.4, 0.5) is 0 Å². The molecule has 1 fully saturated rings. The normalized spacial score (nSPS) is 17.4. The third-order valence-electron chi connectivity index (χ3n) is 4.61. The number of rotatable bonds is 7. The van der Waals surface area contributed by atoms with Crippen LogP contribution >= 0.6 is 0 Å². The van der Waals surface area contributed by atoms with Crippen LogP contribution in [-0.2, 0) is 6.54 Å². The first-order valence-electron chi connectivity index (χ1n) is 9.04. The van der Waals surface area contributed by atoms with E-state index < -0.39 is 0 Å². The second-order valence-corrected chi connectivity index (χ2v) is 6.31. The highest BCUT2D eigenvalue weighted by Crippen LogP contribution is 2.24. The van der Waals surface area contributed by atoms with Gasteiger partial charge in [-0.2, -0.15) is 0 Å². The second kappa shape index (κ2) is 9.27. The highest BCUT2D eigenvalue weighted by Gasteiger charge is 2.24. The molecule has 1 aliphatic heterocycles. The molecule has 2 aromatic heterocycles. The van der Waals surface area contributed by atoms with E-state index in [0.29, 0.717) is 0 Å². The summed E-state index contributed by atoms with van der Waals surface area (Å²) in [4.78, 5) is 10.9. The molecule has 2 aromatic rings. The van der Waals surface area contributed by atoms with Crippen molar-refractivity contribution in [1.29, 1.82) is 0 Å². The van der Waals surface area contributed by atoms with Crippen LogP contribution in [-0.4, -0.2) is 53.6 Å². The first-order valence-corrected chi connectivity index (χ1v) is 9.04. The highest BCUT2D eigenvalue weighted by molar-refractivity contribution is 5.79. The third-order valence-corrected chi connectivity index (χ3v) is 4.61. The first kappa shape index (κ1) is 17.5. The van der Waals surface area contributed by atoms with E-state index in [9.17, 15) is 0 Å². The van der Waals surface area contributed by atoms with Gasteiger partial charge in [-0.15, -0.1) is 0 Å². The zero-order valence-corrected chi connectivity index (χ0v) is 14.9. The van der Waals surface area contributed by atoms with Crippen molar-refractivity contribution in [1.82, 2.24) is 25.1 Å². The number of guanidine groups is 1. The molecule has 0 saturated carbocycles. The van der Waals surface area contributed by atoms with Gasteiger partial charge in [0.2, 0.25) is 0 Å². The molecule has 7 heteroatoms. The van der Waals surface area contributed by atoms with Gasteiger partial charge in [0.25, 0.3) is 0 Å². The van der Waals surface area contributed by atoms with Gasteiger partial charge in [-0.1, -0.05) is 6.42 Å². The van der Waals surface area contributed by atoms with Gasteiger partial charge in [-0.25, -0.2) is 4.98 Å². The summed E-state index contributed by atoms with van der Waals surface area (Å²) in [7, 11) is 1.80. The molecule has 1 saturated heterocycles. The Morgan fingerprint density at radius 1 is 1.32 bits per heavy atom. The summed E-state index contributed by atoms with van der Waals surface area (Å²) in [5, 5.41) is 6.80. The fourth-order valence-electron chi connectivity index (χ4n) is 3.26. The predicted molar refractivity (Wildman–Crippen MR) is 98.5 cm³/mol. The van der Waals surface area contributed by atoms with Gasteiger partial charge in [-0.3, -0.25) is 9.89 Å². The molecule has 136 valence electrons. The Morgan fingerprint density at radius 2 is 2.20 bits per heavy atom. The Kier molecular flexibility index (Phi) is 6.50. The molecule has 2 N–H and O–H groups in total. The van der Waals surface area contributed by atoms with Crippen molar-refractivity contribution >= 4 is 5.96 Å². The third kappa shape index (κ3) is 5.09. The first-order chi connectivity index (χ1) is 12.4. The van der Waals surface area contributed by atoms with Crippen LogP contribution in [0.2, 0.25) is 0 Å². The molecule has 0 radical (unpaired) electrons. The summed E-state index contributed by atoms with van der Waals surface area (Å²) < 4.78 is 7.73. The van der Waals surface area contributed by atoms with Crippen molar-refractivity contribution < 1.29 is 4.42 Å². The van der Waals surface area contributed by atoms with E-state index in [0.717, 1.165) is 44.4 Å². The van der Waals surface area contributed by atoms with E-state index in [4.69, 9.17) is 4.42 Å². The summed E-state index contributed by atoms with van der Waals surface area (Å²) in [5.74, 6) is 1.83. The minimum absolute atomic E-state index is 0.238. The Labute approximate surface area is 149 Å². The lowest BCUT2D eigenvalue weighted by molar-refractivity contribution is 0.146. The largest absolute Gasteiger partial charge is 0.468 e. The van der Waals surface area contributed by atoms with Gasteiger partial charge in [0.1, 0.15) is 5.76 Å². The lowest BCUT2D eigenvalue weighted by Crippen LogP contribution is -2.45. The number of furan rings is 1. The topological polar surface area (TPSA) is 70.6 Å². The number of hydrogen-bond acceptors (Lipinski definition) is 4. The van der Waals surface area contributed by atoms with Crippen molar-refractivity contribution in [3.63, 3.8) is 0 Å². The van der Waals surface area contributed by atoms with Gasteiger partial charge in [0.15, 0.2) is 5.96 Å². The predicted octanol–water partition coefficient (Wildman–Crippen LogP) is 1.87. The lowest BCUT2D eigenvalue weighted by atomic mass is 10.1. The summed E-state index contributed by atoms with van der Waals surface area (Å²) in [6.45, 7) is 4.68. The van der Waals surface area contributed by atoms with Gasteiger partial charge >= 0.3 is 0 Å². The summed E-state index contributed by atoms with van der Waals surface area (Å²) in [5.41, 5.74) is 0. The lowest BCUT2D eigenvalue weighted by Gasteiger charge is -2.33. The summed E-state index contributed by atoms with van der Waals surface area (Å²) >= 11 is 0. The van der Waals surface area contributed by atoms with Crippen LogP contribution in [0.1, 0.15) is 31.1 Å². The maximum atomic E-state index is 5.69. The van der Waals surface area contributed by atoms with Crippen LogP contribution in [0, 0.1) is 0 Å². The molecule has 0 spiro atoms. The van der Waals surface area contributed by atoms with E-state index in [1.54, 1.807) is 19.5 Å². The van der Waals surface area contributed by atoms with E-state index in [-0.39, 0.29) is 6.04 Å². The highest BCUT2D eigenvalue weighted by atomic mass is 16.3. The minimum atomic E-state index is 0.238. The maximum Gasteiger partial charge on any atom is 0.191 e. The molecule has 25 heavy (non-hydrogen) atoms. The van der Waals surface area contributed by atoms with Gasteiger partial charge < -0.3 is 19.6 Å². The standard InChI is InChI=1S/C18H28N6O/c1-19-18(21-8-12-23-11-7-20-15-23)22-14-16(17-6-5-13-25-17)24-9-3-2-4-10-24/h5-7,11,13,15-16H,2-4,8-10,12,14H2,1H3,(H2,19,21,22). The molecule has 1 atom stereocenters. The fraction of sp³-hybridized carbons (Fsp3) is 0.556. The minimum Gasteiger partial charge on any atom is -0.468 e. The molecular formula is C18H28N6O. The van der Waals surface area contributed by atoms with Gasteiger partial charge in [-0.05, 0) is 38.1 Å². The number of nitrogens with one attached hydrogen (secondary N) is 2. The summed E-state index contributed by atoms with van der Waals surface area (Å²) in [6, 6.07) is 4.27. The number of aliphatic imine (C=N–C) groups is 1. The fourth-order valence-corrected chi connectivity index (χ4v) is 3.26. The maximum absolute atomic E-state index is 5.69. The van der Waals surface area contributed by atoms with Crippen molar-refractivity contribution in [3.05, 3.63) is 42.9 Å². The van der Waals surface area contributed by atoms with Crippen molar-refractivity contribution in [2.45, 2.75) is 31.8 Å². The Morgan fingerprint density at radius 3 is 2.88 bits per heavy atom. The van der Waals surface area contributed by atoms with E-state index >= 15 is 0 Å². The zero-order valence-electron chi connectivity index (χ0n) is 14.9. The molecule has 1 unspecified atom stereocenters. The second-order valence-electron chi connectivity index (χ2n) is 6.31. The smallest absolute Gasteiger partial charge is 0.191 e. The molecular weight excluding hydrogens is 316 g/mol. The van der Waals surface area contributed by atoms with Gasteiger partial charge in [0.05, 0.1) is 18.6 Å². The van der Waals surface area contributed by atoms with Crippen molar-refractivity contribution in [2.24, 2.45) is 4.99 Å². The number of imidazole rings is 1. The SMILES string of the molecule is CN=C(NCCn1ccnc1)NCC(c1ccco1)N1CCCCC1. The molecule has 0 aliphatic carbocycles. The number of nitrogens with zero attached hydrogens (tertiary/aromatic N) is 4. The van der Waals surface area contributed by atoms with Crippen molar-refractivity contribution in [2.75, 3.05) is 33.2 Å². The van der Waals surface area contributed by atoms with E-state index in [1.165, 1.54) is 19.3 Å². The number of hydrogen-bond donors (Lipinski definition) is 2. The Balaban J connectivity index is 1.51. The molecule has 0 aromatic carbocycles. The molecule has 0 amide bonds. The van der Waals surface area contributed by atoms with Crippen LogP contribution in [0.15, 0.2) is 46.5 Å². The Hall–Kier alpha value is -2.28. The molecule has 7 nitrogen and oxygen atoms in total. The van der Waals surface area contributed by atoms with Gasteiger partial charge in [0, 0.05) is 39.1 Å². The van der Waals surface area contributed by atoms with E-state index in [1.807, 2.05) is 23.2 Å². The van der Waals surface area contributed by atoms with Crippen molar-refractivity contribution in [3.8, 4) is 0 Å². The van der Waals surface area contributed by atoms with Crippen LogP contribution in [0.25, 0.3) is 0 Å². The van der Waals surface area contributed by atoms with Crippen LogP contribution in [0.3, 0.4) is 0 Å². The number of aromatic nitrogens is 2. The summed E-state index contributed by atoms with van der Waals surface area (Å²) in [6.07, 6.45) is 11.2. The zero-order chi connectivity index (χ0) is 17.3. The molecule has 3 heterocycles. The molecule has 1 aliphatic rings. The van der Waals surface area contributed by atoms with E-state index in [2.05, 4.69) is 31.6 Å².